The Bertz CT molecular complexity index is 987. The molecule has 0 spiro atoms. The molecule has 140 valence electrons. The van der Waals surface area contributed by atoms with Crippen molar-refractivity contribution in [3.05, 3.63) is 109 Å². The molecular weight excluding hydrogens is 364 g/mol. The second-order valence-corrected chi connectivity index (χ2v) is 7.86. The van der Waals surface area contributed by atoms with Crippen LogP contribution >= 0.6 is 11.8 Å². The van der Waals surface area contributed by atoms with E-state index in [-0.39, 0.29) is 0 Å². The third-order valence-corrected chi connectivity index (χ3v) is 5.98. The maximum atomic E-state index is 11.7. The molecule has 2 N–H and O–H groups in total. The van der Waals surface area contributed by atoms with Crippen LogP contribution in [0.2, 0.25) is 0 Å². The highest BCUT2D eigenvalue weighted by Crippen LogP contribution is 2.40. The minimum atomic E-state index is -1.09. The van der Waals surface area contributed by atoms with Crippen molar-refractivity contribution < 1.29 is 9.68 Å². The molecule has 0 bridgehead atoms. The van der Waals surface area contributed by atoms with Crippen LogP contribution in [0, 0.1) is 0 Å². The molecule has 0 amide bonds. The smallest absolute Gasteiger partial charge is 0.307 e. The van der Waals surface area contributed by atoms with Gasteiger partial charge >= 0.3 is 5.72 Å². The second kappa shape index (κ2) is 8.05. The average Bonchev–Trinajstić information content (AvgIpc) is 3.07. The number of allylic oxidation sites excluding steroid dienone is 1. The van der Waals surface area contributed by atoms with Gasteiger partial charge in [-0.15, -0.1) is 0 Å². The quantitative estimate of drug-likeness (QED) is 0.561. The second-order valence-electron chi connectivity index (χ2n) is 6.81. The summed E-state index contributed by atoms with van der Waals surface area (Å²) in [6.45, 7) is 4.21. The van der Waals surface area contributed by atoms with E-state index in [4.69, 9.17) is 0 Å². The van der Waals surface area contributed by atoms with Gasteiger partial charge in [0, 0.05) is 23.5 Å². The first-order valence-corrected chi connectivity index (χ1v) is 10.3. The lowest BCUT2D eigenvalue weighted by Crippen LogP contribution is -2.37. The number of benzene rings is 3. The predicted octanol–water partition coefficient (Wildman–Crippen LogP) is 5.34. The fraction of sp³-hybridized carbons (Fsp3) is 0.125. The zero-order chi connectivity index (χ0) is 19.4. The fourth-order valence-corrected chi connectivity index (χ4v) is 4.78. The summed E-state index contributed by atoms with van der Waals surface area (Å²) in [4.78, 5) is 0. The molecule has 0 aliphatic carbocycles. The first-order valence-electron chi connectivity index (χ1n) is 9.28. The Labute approximate surface area is 170 Å². The molecule has 0 unspecified atom stereocenters. The van der Waals surface area contributed by atoms with Gasteiger partial charge in [-0.1, -0.05) is 72.9 Å². The van der Waals surface area contributed by atoms with Crippen molar-refractivity contribution in [1.82, 2.24) is 0 Å². The third-order valence-electron chi connectivity index (χ3n) is 4.77. The Balaban J connectivity index is 1.70. The molecule has 1 heterocycles. The van der Waals surface area contributed by atoms with E-state index in [1.54, 1.807) is 11.8 Å². The van der Waals surface area contributed by atoms with Crippen molar-refractivity contribution in [1.29, 1.82) is 0 Å². The lowest BCUT2D eigenvalue weighted by molar-refractivity contribution is -0.593. The van der Waals surface area contributed by atoms with Crippen molar-refractivity contribution in [3.63, 3.8) is 0 Å². The summed E-state index contributed by atoms with van der Waals surface area (Å²) in [5.41, 5.74) is 2.69. The van der Waals surface area contributed by atoms with Crippen LogP contribution in [0.5, 0.6) is 0 Å². The summed E-state index contributed by atoms with van der Waals surface area (Å²) >= 11 is 1.68. The van der Waals surface area contributed by atoms with Crippen molar-refractivity contribution in [2.24, 2.45) is 0 Å². The molecule has 1 aliphatic heterocycles. The molecule has 1 aliphatic rings. The van der Waals surface area contributed by atoms with Gasteiger partial charge in [0.2, 0.25) is 10.7 Å². The van der Waals surface area contributed by atoms with E-state index in [1.807, 2.05) is 95.6 Å². The number of anilines is 1. The van der Waals surface area contributed by atoms with E-state index in [0.717, 1.165) is 27.7 Å². The van der Waals surface area contributed by atoms with Gasteiger partial charge < -0.3 is 10.4 Å². The third kappa shape index (κ3) is 3.75. The highest BCUT2D eigenvalue weighted by molar-refractivity contribution is 8.13. The molecule has 3 nitrogen and oxygen atoms in total. The number of hydrogen-bond donors (Lipinski definition) is 2. The molecule has 1 atom stereocenters. The molecule has 4 heteroatoms. The number of thioether (sulfide) groups is 1. The standard InChI is InChI=1S/C24H23N2OS/c1-19(25-21-13-7-3-8-14-21)17-23-26(22-15-9-4-10-16-22)24(27,18-28-23)20-11-5-2-6-12-20/h2-16,25,27H,1,17-18H2/q+1/t24-/m1/s1. The zero-order valence-electron chi connectivity index (χ0n) is 15.6. The Morgan fingerprint density at radius 3 is 2.14 bits per heavy atom. The highest BCUT2D eigenvalue weighted by Gasteiger charge is 2.50. The Morgan fingerprint density at radius 2 is 1.50 bits per heavy atom. The minimum Gasteiger partial charge on any atom is -0.359 e. The van der Waals surface area contributed by atoms with Crippen LogP contribution in [0.1, 0.15) is 12.0 Å². The van der Waals surface area contributed by atoms with Gasteiger partial charge in [0.15, 0.2) is 0 Å². The number of nitrogens with one attached hydrogen (secondary N) is 1. The molecule has 0 aromatic heterocycles. The number of rotatable bonds is 6. The summed E-state index contributed by atoms with van der Waals surface area (Å²) in [6.07, 6.45) is 0.642. The van der Waals surface area contributed by atoms with Crippen LogP contribution in [0.4, 0.5) is 11.4 Å². The molecular formula is C24H23N2OS+. The molecule has 0 fully saturated rings. The Hall–Kier alpha value is -2.82. The van der Waals surface area contributed by atoms with Crippen LogP contribution in [-0.4, -0.2) is 20.5 Å². The van der Waals surface area contributed by atoms with Crippen LogP contribution in [0.25, 0.3) is 0 Å². The SMILES string of the molecule is C=C(CC1=[N+](c2ccccc2)[C@](O)(c2ccccc2)CS1)Nc1ccccc1. The van der Waals surface area contributed by atoms with Gasteiger partial charge in [0.05, 0.1) is 12.0 Å². The largest absolute Gasteiger partial charge is 0.359 e. The molecule has 28 heavy (non-hydrogen) atoms. The van der Waals surface area contributed by atoms with Crippen LogP contribution in [-0.2, 0) is 5.72 Å². The molecule has 3 aromatic carbocycles. The maximum absolute atomic E-state index is 11.7. The molecule has 3 aromatic rings. The summed E-state index contributed by atoms with van der Waals surface area (Å²) < 4.78 is 2.05. The molecule has 0 saturated heterocycles. The van der Waals surface area contributed by atoms with Gasteiger partial charge in [-0.2, -0.15) is 4.58 Å². The van der Waals surface area contributed by atoms with E-state index < -0.39 is 5.72 Å². The number of aliphatic hydroxyl groups is 1. The average molecular weight is 388 g/mol. The van der Waals surface area contributed by atoms with Crippen molar-refractivity contribution in [2.45, 2.75) is 12.1 Å². The van der Waals surface area contributed by atoms with E-state index >= 15 is 0 Å². The number of para-hydroxylation sites is 2. The van der Waals surface area contributed by atoms with E-state index in [2.05, 4.69) is 11.9 Å². The van der Waals surface area contributed by atoms with E-state index in [1.165, 1.54) is 0 Å². The van der Waals surface area contributed by atoms with Crippen LogP contribution in [0.15, 0.2) is 103 Å². The van der Waals surface area contributed by atoms with Crippen LogP contribution < -0.4 is 5.32 Å². The van der Waals surface area contributed by atoms with Crippen LogP contribution in [0.3, 0.4) is 0 Å². The summed E-state index contributed by atoms with van der Waals surface area (Å²) in [7, 11) is 0. The van der Waals surface area contributed by atoms with Gasteiger partial charge in [0.25, 0.3) is 0 Å². The molecule has 0 radical (unpaired) electrons. The highest BCUT2D eigenvalue weighted by atomic mass is 32.2. The maximum Gasteiger partial charge on any atom is 0.307 e. The fourth-order valence-electron chi connectivity index (χ4n) is 3.45. The number of nitrogens with zero attached hydrogens (tertiary/aromatic N) is 1. The van der Waals surface area contributed by atoms with E-state index in [9.17, 15) is 5.11 Å². The van der Waals surface area contributed by atoms with Crippen molar-refractivity contribution in [3.8, 4) is 0 Å². The lowest BCUT2D eigenvalue weighted by atomic mass is 10.0. The summed E-state index contributed by atoms with van der Waals surface area (Å²) in [6, 6.07) is 30.0. The Morgan fingerprint density at radius 1 is 0.929 bits per heavy atom. The van der Waals surface area contributed by atoms with Gasteiger partial charge in [-0.3, -0.25) is 0 Å². The lowest BCUT2D eigenvalue weighted by Gasteiger charge is -2.20. The first kappa shape index (κ1) is 18.5. The van der Waals surface area contributed by atoms with E-state index in [0.29, 0.717) is 12.2 Å². The molecule has 0 saturated carbocycles. The summed E-state index contributed by atoms with van der Waals surface area (Å²) in [5, 5.41) is 16.1. The Kier molecular flexibility index (Phi) is 5.33. The predicted molar refractivity (Wildman–Crippen MR) is 118 cm³/mol. The first-order chi connectivity index (χ1) is 13.7. The van der Waals surface area contributed by atoms with Gasteiger partial charge in [0.1, 0.15) is 5.75 Å². The topological polar surface area (TPSA) is 35.3 Å². The minimum absolute atomic E-state index is 0.569. The zero-order valence-corrected chi connectivity index (χ0v) is 16.4. The monoisotopic (exact) mass is 387 g/mol. The van der Waals surface area contributed by atoms with Gasteiger partial charge in [-0.05, 0) is 24.3 Å². The number of hydrogen-bond acceptors (Lipinski definition) is 3. The summed E-state index contributed by atoms with van der Waals surface area (Å²) in [5.74, 6) is 0.569. The normalized spacial score (nSPS) is 18.9. The van der Waals surface area contributed by atoms with Crippen molar-refractivity contribution in [2.75, 3.05) is 11.1 Å². The molecule has 4 rings (SSSR count). The van der Waals surface area contributed by atoms with Gasteiger partial charge in [-0.25, -0.2) is 0 Å². The van der Waals surface area contributed by atoms with Crippen molar-refractivity contribution >= 4 is 28.2 Å².